The van der Waals surface area contributed by atoms with Gasteiger partial charge < -0.3 is 34.3 Å². The van der Waals surface area contributed by atoms with E-state index in [9.17, 15) is 14.4 Å². The van der Waals surface area contributed by atoms with Gasteiger partial charge in [-0.1, -0.05) is 58.0 Å². The molecule has 0 bridgehead atoms. The van der Waals surface area contributed by atoms with E-state index >= 15 is 0 Å². The van der Waals surface area contributed by atoms with E-state index in [-0.39, 0.29) is 11.8 Å². The van der Waals surface area contributed by atoms with Crippen LogP contribution in [0.25, 0.3) is 0 Å². The summed E-state index contributed by atoms with van der Waals surface area (Å²) in [6, 6.07) is 7.04. The summed E-state index contributed by atoms with van der Waals surface area (Å²) in [5.41, 5.74) is 0.970. The maximum atomic E-state index is 14.0. The van der Waals surface area contributed by atoms with Crippen molar-refractivity contribution in [2.75, 3.05) is 14.2 Å². The number of nitrogens with one attached hydrogen (secondary N) is 3. The largest absolute Gasteiger partial charge is 0.467 e. The smallest absolute Gasteiger partial charge is 0.328 e. The molecule has 2 aliphatic rings. The summed E-state index contributed by atoms with van der Waals surface area (Å²) < 4.78 is 28.8. The average molecular weight is 578 g/mol. The van der Waals surface area contributed by atoms with E-state index in [1.54, 1.807) is 13.8 Å². The van der Waals surface area contributed by atoms with Crippen LogP contribution in [-0.4, -0.2) is 80.5 Å². The zero-order chi connectivity index (χ0) is 30.3. The summed E-state index contributed by atoms with van der Waals surface area (Å²) in [4.78, 5) is 39.8. The van der Waals surface area contributed by atoms with Crippen molar-refractivity contribution in [3.63, 3.8) is 0 Å². The fourth-order valence-electron chi connectivity index (χ4n) is 5.30. The molecule has 2 saturated heterocycles. The van der Waals surface area contributed by atoms with Crippen molar-refractivity contribution in [1.82, 2.24) is 16.0 Å². The minimum atomic E-state index is -0.908. The Morgan fingerprint density at radius 2 is 1.46 bits per heavy atom. The minimum Gasteiger partial charge on any atom is -0.467 e. The summed E-state index contributed by atoms with van der Waals surface area (Å²) in [6.45, 7) is 11.8. The fourth-order valence-corrected chi connectivity index (χ4v) is 5.30. The molecule has 2 amide bonds. The van der Waals surface area contributed by atoms with Gasteiger partial charge in [0.05, 0.1) is 7.11 Å². The van der Waals surface area contributed by atoms with Gasteiger partial charge in [0.25, 0.3) is 0 Å². The van der Waals surface area contributed by atoms with E-state index < -0.39 is 66.3 Å². The molecule has 0 spiro atoms. The van der Waals surface area contributed by atoms with Crippen LogP contribution >= 0.6 is 0 Å². The molecule has 230 valence electrons. The van der Waals surface area contributed by atoms with Gasteiger partial charge in [-0.2, -0.15) is 0 Å². The number of hydrogen-bond acceptors (Lipinski definition) is 9. The molecule has 3 N–H and O–H groups in total. The van der Waals surface area contributed by atoms with Crippen LogP contribution in [0.15, 0.2) is 30.3 Å². The van der Waals surface area contributed by atoms with Crippen LogP contribution in [0.5, 0.6) is 0 Å². The quantitative estimate of drug-likeness (QED) is 0.285. The van der Waals surface area contributed by atoms with E-state index in [4.69, 9.17) is 23.7 Å². The van der Waals surface area contributed by atoms with Crippen molar-refractivity contribution >= 4 is 17.8 Å². The number of methoxy groups -OCH3 is 2. The van der Waals surface area contributed by atoms with Crippen LogP contribution < -0.4 is 16.0 Å². The van der Waals surface area contributed by atoms with E-state index in [0.29, 0.717) is 19.4 Å². The second-order valence-corrected chi connectivity index (χ2v) is 12.0. The van der Waals surface area contributed by atoms with Crippen molar-refractivity contribution in [3.8, 4) is 0 Å². The number of ether oxygens (including phenoxy) is 5. The van der Waals surface area contributed by atoms with E-state index in [2.05, 4.69) is 16.0 Å². The Hall–Kier alpha value is -2.57. The zero-order valence-electron chi connectivity index (χ0n) is 25.5. The molecule has 2 heterocycles. The van der Waals surface area contributed by atoms with Crippen molar-refractivity contribution in [3.05, 3.63) is 35.9 Å². The number of hydrogen-bond donors (Lipinski definition) is 3. The fraction of sp³-hybridized carbons (Fsp3) is 0.700. The minimum absolute atomic E-state index is 0.0841. The Labute approximate surface area is 243 Å². The molecule has 3 rings (SSSR count). The average Bonchev–Trinajstić information content (AvgIpc) is 3.40. The van der Waals surface area contributed by atoms with E-state index in [1.165, 1.54) is 14.2 Å². The number of esters is 1. The van der Waals surface area contributed by atoms with Gasteiger partial charge in [-0.25, -0.2) is 4.79 Å². The number of rotatable bonds is 14. The molecule has 0 saturated carbocycles. The van der Waals surface area contributed by atoms with Crippen LogP contribution in [0.2, 0.25) is 0 Å². The molecule has 41 heavy (non-hydrogen) atoms. The SMILES string of the molecule is COC(=O)[C@H](CC(C)C)NC(=O)[C@H](CC(C)C)NC(=O)[C@H](NCc1ccccc1)[C@H]1O[C@@H](OC)[C@@H]2OC(C)(C)O[C@@H]21. The lowest BCUT2D eigenvalue weighted by Crippen LogP contribution is -2.59. The number of benzene rings is 1. The number of carbonyl (C=O) groups is 3. The number of fused-ring (bicyclic) bond motifs is 1. The molecule has 11 nitrogen and oxygen atoms in total. The number of carbonyl (C=O) groups excluding carboxylic acids is 3. The van der Waals surface area contributed by atoms with Gasteiger partial charge in [0.1, 0.15) is 36.4 Å². The Bertz CT molecular complexity index is 1020. The molecule has 1 aromatic rings. The van der Waals surface area contributed by atoms with Gasteiger partial charge >= 0.3 is 5.97 Å². The first-order valence-corrected chi connectivity index (χ1v) is 14.3. The van der Waals surface area contributed by atoms with Gasteiger partial charge in [-0.05, 0) is 44.1 Å². The first-order chi connectivity index (χ1) is 19.3. The Morgan fingerprint density at radius 1 is 0.878 bits per heavy atom. The van der Waals surface area contributed by atoms with Gasteiger partial charge in [0, 0.05) is 13.7 Å². The van der Waals surface area contributed by atoms with Crippen LogP contribution in [0.4, 0.5) is 0 Å². The molecule has 2 aliphatic heterocycles. The van der Waals surface area contributed by atoms with Crippen molar-refractivity contribution in [1.29, 1.82) is 0 Å². The predicted molar refractivity (Wildman–Crippen MR) is 151 cm³/mol. The van der Waals surface area contributed by atoms with Gasteiger partial charge in [0.15, 0.2) is 12.1 Å². The summed E-state index contributed by atoms with van der Waals surface area (Å²) in [5.74, 6) is -2.07. The van der Waals surface area contributed by atoms with Crippen molar-refractivity contribution < 1.29 is 38.1 Å². The standard InChI is InChI=1S/C30H47N3O8/c1-17(2)14-20(26(34)33-21(15-18(3)4)28(36)37-7)32-27(35)22(31-16-19-12-10-9-11-13-19)23-24-25(29(38-8)39-23)41-30(5,6)40-24/h9-13,17-18,20-25,29,31H,14-16H2,1-8H3,(H,32,35)(H,33,34)/t20-,21-,22+,23+,24+,25+,29+/m0/s1. The Balaban J connectivity index is 1.85. The summed E-state index contributed by atoms with van der Waals surface area (Å²) in [7, 11) is 2.81. The Morgan fingerprint density at radius 3 is 2.05 bits per heavy atom. The van der Waals surface area contributed by atoms with Gasteiger partial charge in [0.2, 0.25) is 11.8 Å². The molecular formula is C30H47N3O8. The highest BCUT2D eigenvalue weighted by Gasteiger charge is 2.58. The lowest BCUT2D eigenvalue weighted by Gasteiger charge is -2.31. The normalized spacial score (nSPS) is 25.4. The highest BCUT2D eigenvalue weighted by Crippen LogP contribution is 2.40. The van der Waals surface area contributed by atoms with Crippen LogP contribution in [0.1, 0.15) is 59.9 Å². The predicted octanol–water partition coefficient (Wildman–Crippen LogP) is 2.27. The third kappa shape index (κ3) is 8.96. The topological polar surface area (TPSA) is 133 Å². The second-order valence-electron chi connectivity index (χ2n) is 12.0. The van der Waals surface area contributed by atoms with Crippen LogP contribution in [-0.2, 0) is 44.6 Å². The molecule has 7 atom stereocenters. The van der Waals surface area contributed by atoms with E-state index in [0.717, 1.165) is 5.56 Å². The highest BCUT2D eigenvalue weighted by molar-refractivity contribution is 5.92. The molecule has 2 fully saturated rings. The van der Waals surface area contributed by atoms with Crippen LogP contribution in [0, 0.1) is 11.8 Å². The molecular weight excluding hydrogens is 530 g/mol. The molecule has 1 aromatic carbocycles. The monoisotopic (exact) mass is 577 g/mol. The van der Waals surface area contributed by atoms with Crippen LogP contribution in [0.3, 0.4) is 0 Å². The first kappa shape index (κ1) is 32.9. The Kier molecular flexibility index (Phi) is 11.7. The maximum absolute atomic E-state index is 14.0. The first-order valence-electron chi connectivity index (χ1n) is 14.3. The summed E-state index contributed by atoms with van der Waals surface area (Å²) in [6.07, 6.45) is -1.83. The molecule has 0 radical (unpaired) electrons. The molecule has 0 aromatic heterocycles. The third-order valence-electron chi connectivity index (χ3n) is 7.11. The third-order valence-corrected chi connectivity index (χ3v) is 7.11. The lowest BCUT2D eigenvalue weighted by atomic mass is 9.98. The molecule has 11 heteroatoms. The van der Waals surface area contributed by atoms with Gasteiger partial charge in [-0.3, -0.25) is 14.9 Å². The maximum Gasteiger partial charge on any atom is 0.328 e. The summed E-state index contributed by atoms with van der Waals surface area (Å²) in [5, 5.41) is 9.04. The molecule has 0 aliphatic carbocycles. The second kappa shape index (κ2) is 14.6. The van der Waals surface area contributed by atoms with Gasteiger partial charge in [-0.15, -0.1) is 0 Å². The molecule has 0 unspecified atom stereocenters. The van der Waals surface area contributed by atoms with E-state index in [1.807, 2.05) is 58.0 Å². The lowest BCUT2D eigenvalue weighted by molar-refractivity contribution is -0.229. The zero-order valence-corrected chi connectivity index (χ0v) is 25.5. The van der Waals surface area contributed by atoms with Crippen molar-refractivity contribution in [2.45, 2.75) is 109 Å². The number of amides is 2. The highest BCUT2D eigenvalue weighted by atomic mass is 16.8. The summed E-state index contributed by atoms with van der Waals surface area (Å²) >= 11 is 0. The van der Waals surface area contributed by atoms with Crippen molar-refractivity contribution in [2.24, 2.45) is 11.8 Å².